The van der Waals surface area contributed by atoms with Crippen LogP contribution in [-0.4, -0.2) is 5.11 Å². The Bertz CT molecular complexity index is 723. The number of phenols is 1. The largest absolute Gasteiger partial charge is 0.507 e. The number of halogens is 1. The number of fused-ring (bicyclic) bond motifs is 1. The maximum Gasteiger partial charge on any atom is 0.123 e. The van der Waals surface area contributed by atoms with Gasteiger partial charge in [0.05, 0.1) is 5.02 Å². The molecule has 0 radical (unpaired) electrons. The van der Waals surface area contributed by atoms with Gasteiger partial charge in [-0.3, -0.25) is 0 Å². The summed E-state index contributed by atoms with van der Waals surface area (Å²) in [5.41, 5.74) is 1.01. The normalized spacial score (nSPS) is 10.8. The van der Waals surface area contributed by atoms with Gasteiger partial charge in [0.1, 0.15) is 5.75 Å². The van der Waals surface area contributed by atoms with Gasteiger partial charge in [0.2, 0.25) is 0 Å². The summed E-state index contributed by atoms with van der Waals surface area (Å²) in [6, 6.07) is 13.4. The van der Waals surface area contributed by atoms with E-state index in [-0.39, 0.29) is 0 Å². The smallest absolute Gasteiger partial charge is 0.123 e. The molecule has 0 amide bonds. The summed E-state index contributed by atoms with van der Waals surface area (Å²) in [7, 11) is 0. The zero-order valence-corrected chi connectivity index (χ0v) is 11.6. The Labute approximate surface area is 120 Å². The third-order valence-corrected chi connectivity index (χ3v) is 4.26. The lowest BCUT2D eigenvalue weighted by Crippen LogP contribution is -1.97. The standard InChI is InChI=1S/C15H12ClNOS/c16-10-7-11(19-9-10)8-17-14-5-1-4-13-12(14)3-2-6-15(13)18/h1-7,9,17-18H,8H2. The molecule has 0 bridgehead atoms. The molecule has 4 heteroatoms. The van der Waals surface area contributed by atoms with Gasteiger partial charge in [-0.15, -0.1) is 11.3 Å². The number of rotatable bonds is 3. The molecule has 0 saturated heterocycles. The number of nitrogens with one attached hydrogen (secondary N) is 1. The van der Waals surface area contributed by atoms with Crippen LogP contribution < -0.4 is 5.32 Å². The van der Waals surface area contributed by atoms with Crippen molar-refractivity contribution < 1.29 is 5.11 Å². The van der Waals surface area contributed by atoms with Crippen LogP contribution in [0.5, 0.6) is 5.75 Å². The molecule has 0 fully saturated rings. The molecule has 0 unspecified atom stereocenters. The fraction of sp³-hybridized carbons (Fsp3) is 0.0667. The van der Waals surface area contributed by atoms with Crippen molar-refractivity contribution >= 4 is 39.4 Å². The molecule has 96 valence electrons. The van der Waals surface area contributed by atoms with Gasteiger partial charge in [-0.1, -0.05) is 35.9 Å². The van der Waals surface area contributed by atoms with Crippen molar-refractivity contribution in [1.29, 1.82) is 0 Å². The first-order valence-corrected chi connectivity index (χ1v) is 7.17. The Kier molecular flexibility index (Phi) is 3.32. The number of anilines is 1. The van der Waals surface area contributed by atoms with E-state index in [4.69, 9.17) is 11.6 Å². The quantitative estimate of drug-likeness (QED) is 0.721. The second-order valence-corrected chi connectivity index (χ2v) is 5.69. The molecule has 2 nitrogen and oxygen atoms in total. The number of thiophene rings is 1. The number of hydrogen-bond donors (Lipinski definition) is 2. The summed E-state index contributed by atoms with van der Waals surface area (Å²) in [5, 5.41) is 17.8. The summed E-state index contributed by atoms with van der Waals surface area (Å²) >= 11 is 7.54. The zero-order chi connectivity index (χ0) is 13.2. The monoisotopic (exact) mass is 289 g/mol. The molecule has 1 heterocycles. The number of phenolic OH excluding ortho intramolecular Hbond substituents is 1. The Balaban J connectivity index is 1.91. The molecule has 2 N–H and O–H groups in total. The van der Waals surface area contributed by atoms with Crippen molar-refractivity contribution in [3.05, 3.63) is 57.7 Å². The highest BCUT2D eigenvalue weighted by atomic mass is 35.5. The van der Waals surface area contributed by atoms with Crippen LogP contribution in [0.2, 0.25) is 5.02 Å². The van der Waals surface area contributed by atoms with E-state index in [9.17, 15) is 5.11 Å². The minimum atomic E-state index is 0.306. The summed E-state index contributed by atoms with van der Waals surface area (Å²) in [5.74, 6) is 0.306. The van der Waals surface area contributed by atoms with Crippen molar-refractivity contribution in [2.45, 2.75) is 6.54 Å². The van der Waals surface area contributed by atoms with Crippen LogP contribution in [0.1, 0.15) is 4.88 Å². The topological polar surface area (TPSA) is 32.3 Å². The highest BCUT2D eigenvalue weighted by Crippen LogP contribution is 2.30. The first-order valence-electron chi connectivity index (χ1n) is 5.91. The minimum Gasteiger partial charge on any atom is -0.507 e. The molecule has 0 saturated carbocycles. The van der Waals surface area contributed by atoms with E-state index in [1.54, 1.807) is 17.4 Å². The van der Waals surface area contributed by atoms with Crippen molar-refractivity contribution in [2.75, 3.05) is 5.32 Å². The van der Waals surface area contributed by atoms with E-state index in [1.807, 2.05) is 41.8 Å². The predicted molar refractivity (Wildman–Crippen MR) is 82.3 cm³/mol. The van der Waals surface area contributed by atoms with Crippen LogP contribution >= 0.6 is 22.9 Å². The molecular weight excluding hydrogens is 278 g/mol. The third kappa shape index (κ3) is 2.53. The van der Waals surface area contributed by atoms with Gasteiger partial charge < -0.3 is 10.4 Å². The van der Waals surface area contributed by atoms with Gasteiger partial charge in [0, 0.05) is 33.3 Å². The van der Waals surface area contributed by atoms with Crippen LogP contribution in [0, 0.1) is 0 Å². The van der Waals surface area contributed by atoms with E-state index in [1.165, 1.54) is 4.88 Å². The lowest BCUT2D eigenvalue weighted by molar-refractivity contribution is 0.481. The van der Waals surface area contributed by atoms with Crippen molar-refractivity contribution in [3.63, 3.8) is 0 Å². The molecule has 3 aromatic rings. The van der Waals surface area contributed by atoms with Crippen LogP contribution in [0.4, 0.5) is 5.69 Å². The molecular formula is C15H12ClNOS. The Morgan fingerprint density at radius 3 is 2.68 bits per heavy atom. The van der Waals surface area contributed by atoms with Crippen LogP contribution in [0.25, 0.3) is 10.8 Å². The van der Waals surface area contributed by atoms with Gasteiger partial charge >= 0.3 is 0 Å². The number of aromatic hydroxyl groups is 1. The molecule has 0 atom stereocenters. The maximum atomic E-state index is 9.84. The van der Waals surface area contributed by atoms with Crippen molar-refractivity contribution in [3.8, 4) is 5.75 Å². The van der Waals surface area contributed by atoms with Gasteiger partial charge in [-0.05, 0) is 18.2 Å². The number of benzene rings is 2. The number of hydrogen-bond acceptors (Lipinski definition) is 3. The highest BCUT2D eigenvalue weighted by Gasteiger charge is 2.04. The second-order valence-electron chi connectivity index (χ2n) is 4.26. The van der Waals surface area contributed by atoms with Gasteiger partial charge in [0.15, 0.2) is 0 Å². The lowest BCUT2D eigenvalue weighted by Gasteiger charge is -2.09. The summed E-state index contributed by atoms with van der Waals surface area (Å²) in [4.78, 5) is 1.18. The van der Waals surface area contributed by atoms with Crippen molar-refractivity contribution in [2.24, 2.45) is 0 Å². The summed E-state index contributed by atoms with van der Waals surface area (Å²) in [6.07, 6.45) is 0. The zero-order valence-electron chi connectivity index (χ0n) is 10.1. The molecule has 2 aromatic carbocycles. The van der Waals surface area contributed by atoms with Gasteiger partial charge in [0.25, 0.3) is 0 Å². The van der Waals surface area contributed by atoms with E-state index < -0.39 is 0 Å². The molecule has 3 rings (SSSR count). The fourth-order valence-electron chi connectivity index (χ4n) is 2.08. The summed E-state index contributed by atoms with van der Waals surface area (Å²) < 4.78 is 0. The molecule has 0 aliphatic heterocycles. The second kappa shape index (κ2) is 5.11. The minimum absolute atomic E-state index is 0.306. The Hall–Kier alpha value is -1.71. The lowest BCUT2D eigenvalue weighted by atomic mass is 10.1. The third-order valence-electron chi connectivity index (χ3n) is 2.97. The predicted octanol–water partition coefficient (Wildman–Crippen LogP) is 4.87. The van der Waals surface area contributed by atoms with Crippen LogP contribution in [0.15, 0.2) is 47.8 Å². The van der Waals surface area contributed by atoms with E-state index in [2.05, 4.69) is 5.32 Å². The molecule has 1 aromatic heterocycles. The average Bonchev–Trinajstić information content (AvgIpc) is 2.83. The molecule has 0 aliphatic carbocycles. The Morgan fingerprint density at radius 1 is 1.11 bits per heavy atom. The van der Waals surface area contributed by atoms with Gasteiger partial charge in [-0.2, -0.15) is 0 Å². The van der Waals surface area contributed by atoms with E-state index >= 15 is 0 Å². The maximum absolute atomic E-state index is 9.84. The van der Waals surface area contributed by atoms with E-state index in [0.29, 0.717) is 5.75 Å². The average molecular weight is 290 g/mol. The van der Waals surface area contributed by atoms with Gasteiger partial charge in [-0.25, -0.2) is 0 Å². The first-order chi connectivity index (χ1) is 9.24. The highest BCUT2D eigenvalue weighted by molar-refractivity contribution is 7.10. The SMILES string of the molecule is Oc1cccc2c(NCc3cc(Cl)cs3)cccc12. The first kappa shape index (κ1) is 12.3. The Morgan fingerprint density at radius 2 is 1.89 bits per heavy atom. The molecule has 0 spiro atoms. The van der Waals surface area contributed by atoms with Crippen molar-refractivity contribution in [1.82, 2.24) is 0 Å². The van der Waals surface area contributed by atoms with Crippen LogP contribution in [0.3, 0.4) is 0 Å². The fourth-order valence-corrected chi connectivity index (χ4v) is 3.09. The van der Waals surface area contributed by atoms with Crippen LogP contribution in [-0.2, 0) is 6.54 Å². The summed E-state index contributed by atoms with van der Waals surface area (Å²) in [6.45, 7) is 0.728. The van der Waals surface area contributed by atoms with E-state index in [0.717, 1.165) is 28.0 Å². The molecule has 19 heavy (non-hydrogen) atoms. The molecule has 0 aliphatic rings.